The molecule has 1 unspecified atom stereocenters. The third-order valence-corrected chi connectivity index (χ3v) is 6.28. The molecule has 3 heterocycles. The van der Waals surface area contributed by atoms with Gasteiger partial charge in [-0.25, -0.2) is 23.1 Å². The second-order valence-electron chi connectivity index (χ2n) is 10.2. The van der Waals surface area contributed by atoms with E-state index in [4.69, 9.17) is 4.74 Å². The van der Waals surface area contributed by atoms with Crippen molar-refractivity contribution in [2.75, 3.05) is 11.9 Å². The quantitative estimate of drug-likeness (QED) is 0.429. The van der Waals surface area contributed by atoms with Crippen LogP contribution in [-0.4, -0.2) is 38.3 Å². The topological polar surface area (TPSA) is 100 Å². The number of nitrogens with zero attached hydrogens (tertiary/aromatic N) is 3. The number of likely N-dealkylation sites (tertiary alicyclic amines) is 1. The molecule has 11 heteroatoms. The molecule has 2 aromatic heterocycles. The normalized spacial score (nSPS) is 17.2. The summed E-state index contributed by atoms with van der Waals surface area (Å²) in [5.74, 6) is -0.768. The zero-order chi connectivity index (χ0) is 26.9. The van der Waals surface area contributed by atoms with Crippen LogP contribution in [0.3, 0.4) is 0 Å². The van der Waals surface area contributed by atoms with Crippen molar-refractivity contribution in [3.05, 3.63) is 63.5 Å². The number of H-pyrrole nitrogens is 1. The molecule has 0 aliphatic carbocycles. The number of carbonyl (C=O) groups is 1. The predicted molar refractivity (Wildman–Crippen MR) is 133 cm³/mol. The third kappa shape index (κ3) is 5.70. The van der Waals surface area contributed by atoms with Gasteiger partial charge in [0.05, 0.1) is 28.7 Å². The fourth-order valence-corrected chi connectivity index (χ4v) is 4.50. The highest BCUT2D eigenvalue weighted by atomic mass is 19.3. The number of aromatic amines is 1. The zero-order valence-electron chi connectivity index (χ0n) is 21.1. The number of halogens is 3. The van der Waals surface area contributed by atoms with Crippen LogP contribution in [0.4, 0.5) is 23.8 Å². The summed E-state index contributed by atoms with van der Waals surface area (Å²) in [6.45, 7) is 7.52. The van der Waals surface area contributed by atoms with E-state index in [9.17, 15) is 22.8 Å². The number of pyridine rings is 1. The Labute approximate surface area is 212 Å². The molecule has 1 aliphatic heterocycles. The highest BCUT2D eigenvalue weighted by Gasteiger charge is 2.32. The summed E-state index contributed by atoms with van der Waals surface area (Å²) in [5, 5.41) is 10.2. The molecule has 1 fully saturated rings. The van der Waals surface area contributed by atoms with Gasteiger partial charge in [-0.15, -0.1) is 0 Å². The minimum atomic E-state index is -2.95. The van der Waals surface area contributed by atoms with Gasteiger partial charge in [0, 0.05) is 23.7 Å². The molecule has 1 aromatic carbocycles. The number of alkyl halides is 2. The summed E-state index contributed by atoms with van der Waals surface area (Å²) in [5.41, 5.74) is -1.21. The van der Waals surface area contributed by atoms with Crippen LogP contribution in [0.1, 0.15) is 82.3 Å². The zero-order valence-corrected chi connectivity index (χ0v) is 21.1. The number of carbonyl (C=O) groups excluding carboxylic acids is 1. The first-order valence-electron chi connectivity index (χ1n) is 12.2. The van der Waals surface area contributed by atoms with E-state index in [1.54, 1.807) is 38.7 Å². The van der Waals surface area contributed by atoms with E-state index in [-0.39, 0.29) is 22.8 Å². The molecule has 2 N–H and O–H groups in total. The molecule has 4 rings (SSSR count). The predicted octanol–water partition coefficient (Wildman–Crippen LogP) is 6.03. The Morgan fingerprint density at radius 2 is 1.95 bits per heavy atom. The number of nitrogens with one attached hydrogen (secondary N) is 2. The van der Waals surface area contributed by atoms with E-state index >= 15 is 0 Å². The summed E-state index contributed by atoms with van der Waals surface area (Å²) < 4.78 is 46.7. The van der Waals surface area contributed by atoms with E-state index in [2.05, 4.69) is 20.5 Å². The van der Waals surface area contributed by atoms with Crippen molar-refractivity contribution in [2.45, 2.75) is 71.1 Å². The summed E-state index contributed by atoms with van der Waals surface area (Å²) in [6, 6.07) is 4.41. The number of piperidine rings is 1. The molecule has 1 saturated heterocycles. The smallest absolute Gasteiger partial charge is 0.410 e. The molecular weight excluding hydrogens is 487 g/mol. The molecule has 37 heavy (non-hydrogen) atoms. The van der Waals surface area contributed by atoms with Crippen LogP contribution < -0.4 is 10.9 Å². The van der Waals surface area contributed by atoms with Crippen molar-refractivity contribution < 1.29 is 22.7 Å². The van der Waals surface area contributed by atoms with E-state index < -0.39 is 41.1 Å². The molecule has 1 amide bonds. The van der Waals surface area contributed by atoms with E-state index in [1.807, 2.05) is 0 Å². The Bertz CT molecular complexity index is 1360. The number of ether oxygens (including phenoxy) is 1. The Hall–Kier alpha value is -3.63. The molecule has 0 radical (unpaired) electrons. The first-order valence-corrected chi connectivity index (χ1v) is 12.2. The Balaban J connectivity index is 1.70. The Morgan fingerprint density at radius 1 is 1.22 bits per heavy atom. The monoisotopic (exact) mass is 517 g/mol. The van der Waals surface area contributed by atoms with Crippen LogP contribution in [0.5, 0.6) is 0 Å². The number of hydrogen-bond acceptors (Lipinski definition) is 6. The molecule has 0 saturated carbocycles. The van der Waals surface area contributed by atoms with Crippen LogP contribution in [0.25, 0.3) is 10.8 Å². The van der Waals surface area contributed by atoms with Gasteiger partial charge < -0.3 is 10.1 Å². The second kappa shape index (κ2) is 10.4. The summed E-state index contributed by atoms with van der Waals surface area (Å²) >= 11 is 0. The SMILES string of the molecule is C[C@@H](Nc1n[nH]c(=O)c2cnc(C3CCCCN3C(=O)OC(C)(C)C)cc12)c1cccc(C(F)F)c1F. The Kier molecular flexibility index (Phi) is 7.42. The lowest BCUT2D eigenvalue weighted by molar-refractivity contribution is 0.00902. The van der Waals surface area contributed by atoms with Crippen molar-refractivity contribution in [1.82, 2.24) is 20.1 Å². The highest BCUT2D eigenvalue weighted by molar-refractivity contribution is 5.90. The molecule has 8 nitrogen and oxygen atoms in total. The number of aromatic nitrogens is 3. The van der Waals surface area contributed by atoms with Crippen LogP contribution >= 0.6 is 0 Å². The average Bonchev–Trinajstić information content (AvgIpc) is 2.84. The molecular formula is C26H30F3N5O3. The molecule has 0 bridgehead atoms. The Morgan fingerprint density at radius 3 is 2.65 bits per heavy atom. The molecule has 3 aromatic rings. The van der Waals surface area contributed by atoms with Crippen molar-refractivity contribution in [1.29, 1.82) is 0 Å². The first kappa shape index (κ1) is 26.4. The largest absolute Gasteiger partial charge is 0.444 e. The fourth-order valence-electron chi connectivity index (χ4n) is 4.50. The standard InChI is InChI=1S/C26H30F3N5O3/c1-14(15-8-7-9-16(21(15)27)22(28)29)31-23-17-12-19(30-13-18(17)24(35)33-32-23)20-10-5-6-11-34(20)25(36)37-26(2,3)4/h7-9,12-14,20,22H,5-6,10-11H2,1-4H3,(H,31,32)(H,33,35)/t14-,20?/m1/s1. The number of rotatable bonds is 5. The van der Waals surface area contributed by atoms with Crippen molar-refractivity contribution >= 4 is 22.7 Å². The van der Waals surface area contributed by atoms with Crippen LogP contribution in [0.2, 0.25) is 0 Å². The molecule has 0 spiro atoms. The number of anilines is 1. The summed E-state index contributed by atoms with van der Waals surface area (Å²) in [7, 11) is 0. The minimum absolute atomic E-state index is 0.0385. The van der Waals surface area contributed by atoms with Gasteiger partial charge in [0.25, 0.3) is 12.0 Å². The summed E-state index contributed by atoms with van der Waals surface area (Å²) in [6.07, 6.45) is 0.415. The van der Waals surface area contributed by atoms with Crippen molar-refractivity contribution in [2.24, 2.45) is 0 Å². The number of benzene rings is 1. The first-order chi connectivity index (χ1) is 17.5. The van der Waals surface area contributed by atoms with Gasteiger partial charge >= 0.3 is 6.09 Å². The van der Waals surface area contributed by atoms with Gasteiger partial charge in [0.2, 0.25) is 0 Å². The third-order valence-electron chi connectivity index (χ3n) is 6.28. The van der Waals surface area contributed by atoms with E-state index in [0.717, 1.165) is 18.9 Å². The van der Waals surface area contributed by atoms with Gasteiger partial charge in [0.1, 0.15) is 11.4 Å². The summed E-state index contributed by atoms with van der Waals surface area (Å²) in [4.78, 5) is 31.5. The van der Waals surface area contributed by atoms with Crippen molar-refractivity contribution in [3.63, 3.8) is 0 Å². The van der Waals surface area contributed by atoms with Gasteiger partial charge in [-0.3, -0.25) is 14.7 Å². The van der Waals surface area contributed by atoms with Crippen LogP contribution in [0.15, 0.2) is 35.3 Å². The number of hydrogen-bond donors (Lipinski definition) is 2. The van der Waals surface area contributed by atoms with Gasteiger partial charge in [0.15, 0.2) is 5.82 Å². The lowest BCUT2D eigenvalue weighted by Gasteiger charge is -2.36. The lowest BCUT2D eigenvalue weighted by Crippen LogP contribution is -2.42. The highest BCUT2D eigenvalue weighted by Crippen LogP contribution is 2.34. The maximum absolute atomic E-state index is 14.7. The maximum atomic E-state index is 14.7. The molecule has 2 atom stereocenters. The molecule has 198 valence electrons. The number of amides is 1. The van der Waals surface area contributed by atoms with Crippen LogP contribution in [0, 0.1) is 5.82 Å². The second-order valence-corrected chi connectivity index (χ2v) is 10.2. The van der Waals surface area contributed by atoms with Gasteiger partial charge in [-0.05, 0) is 53.0 Å². The fraction of sp³-hybridized carbons (Fsp3) is 0.462. The van der Waals surface area contributed by atoms with E-state index in [1.165, 1.54) is 18.3 Å². The minimum Gasteiger partial charge on any atom is -0.444 e. The molecule has 1 aliphatic rings. The maximum Gasteiger partial charge on any atom is 0.410 e. The van der Waals surface area contributed by atoms with Crippen molar-refractivity contribution in [3.8, 4) is 0 Å². The van der Waals surface area contributed by atoms with Gasteiger partial charge in [-0.2, -0.15) is 5.10 Å². The van der Waals surface area contributed by atoms with Crippen LogP contribution in [-0.2, 0) is 4.74 Å². The number of fused-ring (bicyclic) bond motifs is 1. The van der Waals surface area contributed by atoms with Gasteiger partial charge in [-0.1, -0.05) is 18.2 Å². The average molecular weight is 518 g/mol. The van der Waals surface area contributed by atoms with E-state index in [0.29, 0.717) is 24.0 Å². The lowest BCUT2D eigenvalue weighted by atomic mass is 9.98.